The molecule has 7 nitrogen and oxygen atoms in total. The summed E-state index contributed by atoms with van der Waals surface area (Å²) >= 11 is 0. The predicted molar refractivity (Wildman–Crippen MR) is 75.6 cm³/mol. The third-order valence-electron chi connectivity index (χ3n) is 3.04. The van der Waals surface area contributed by atoms with Crippen LogP contribution in [-0.2, 0) is 14.3 Å². The summed E-state index contributed by atoms with van der Waals surface area (Å²) in [4.78, 5) is 23.1. The van der Waals surface area contributed by atoms with Gasteiger partial charge >= 0.3 is 11.9 Å². The number of nitrogens with zero attached hydrogens (tertiary/aromatic N) is 2. The molecule has 0 unspecified atom stereocenters. The number of carboxylic acid groups (broad SMARTS) is 1. The summed E-state index contributed by atoms with van der Waals surface area (Å²) in [6.07, 6.45) is -0.00772. The second-order valence-corrected chi connectivity index (χ2v) is 4.34. The van der Waals surface area contributed by atoms with Crippen LogP contribution in [0.25, 0.3) is 0 Å². The van der Waals surface area contributed by atoms with E-state index in [9.17, 15) is 14.7 Å². The van der Waals surface area contributed by atoms with Crippen molar-refractivity contribution < 1.29 is 24.2 Å². The minimum atomic E-state index is -1.07. The van der Waals surface area contributed by atoms with Gasteiger partial charge in [-0.2, -0.15) is 5.10 Å². The van der Waals surface area contributed by atoms with Gasteiger partial charge in [0.1, 0.15) is 17.1 Å². The van der Waals surface area contributed by atoms with Crippen molar-refractivity contribution in [2.24, 2.45) is 5.10 Å². The number of anilines is 1. The third kappa shape index (κ3) is 2.96. The molecular weight excluding hydrogens is 276 g/mol. The number of esters is 1. The Bertz CT molecular complexity index is 584. The molecule has 1 aromatic rings. The van der Waals surface area contributed by atoms with Crippen molar-refractivity contribution in [3.05, 3.63) is 24.3 Å². The van der Waals surface area contributed by atoms with Crippen molar-refractivity contribution in [2.75, 3.05) is 18.7 Å². The van der Waals surface area contributed by atoms with Crippen molar-refractivity contribution in [2.45, 2.75) is 19.4 Å². The van der Waals surface area contributed by atoms with Gasteiger partial charge in [0.2, 0.25) is 0 Å². The first-order valence-electron chi connectivity index (χ1n) is 6.48. The van der Waals surface area contributed by atoms with Crippen LogP contribution >= 0.6 is 0 Å². The van der Waals surface area contributed by atoms with Crippen molar-refractivity contribution in [1.82, 2.24) is 0 Å². The second kappa shape index (κ2) is 6.25. The van der Waals surface area contributed by atoms with E-state index in [2.05, 4.69) is 5.10 Å². The molecule has 0 spiro atoms. The molecule has 0 fully saturated rings. The normalized spacial score (nSPS) is 17.3. The maximum atomic E-state index is 11.7. The van der Waals surface area contributed by atoms with E-state index in [0.717, 1.165) is 0 Å². The number of aliphatic carboxylic acids is 1. The molecule has 0 saturated carbocycles. The molecule has 1 atom stereocenters. The highest BCUT2D eigenvalue weighted by Crippen LogP contribution is 2.33. The van der Waals surface area contributed by atoms with Gasteiger partial charge in [0.15, 0.2) is 6.04 Å². The number of carboxylic acids is 1. The fraction of sp³-hybridized carbons (Fsp3) is 0.357. The molecule has 0 bridgehead atoms. The van der Waals surface area contributed by atoms with E-state index in [0.29, 0.717) is 11.4 Å². The summed E-state index contributed by atoms with van der Waals surface area (Å²) in [5.74, 6) is -1.18. The van der Waals surface area contributed by atoms with Crippen LogP contribution in [0.5, 0.6) is 5.75 Å². The molecule has 0 saturated heterocycles. The van der Waals surface area contributed by atoms with Crippen LogP contribution in [-0.4, -0.2) is 42.5 Å². The number of ether oxygens (including phenoxy) is 2. The van der Waals surface area contributed by atoms with Crippen molar-refractivity contribution in [1.29, 1.82) is 0 Å². The lowest BCUT2D eigenvalue weighted by atomic mass is 10.1. The minimum absolute atomic E-state index is 0.00772. The number of benzene rings is 1. The van der Waals surface area contributed by atoms with Gasteiger partial charge in [0.25, 0.3) is 0 Å². The molecule has 21 heavy (non-hydrogen) atoms. The molecule has 7 heteroatoms. The van der Waals surface area contributed by atoms with E-state index >= 15 is 0 Å². The molecule has 112 valence electrons. The van der Waals surface area contributed by atoms with Crippen molar-refractivity contribution in [3.8, 4) is 5.75 Å². The summed E-state index contributed by atoms with van der Waals surface area (Å²) < 4.78 is 10.1. The monoisotopic (exact) mass is 292 g/mol. The zero-order valence-electron chi connectivity index (χ0n) is 11.8. The van der Waals surface area contributed by atoms with Crippen molar-refractivity contribution >= 4 is 23.3 Å². The Labute approximate surface area is 121 Å². The topological polar surface area (TPSA) is 88.4 Å². The average molecular weight is 292 g/mol. The molecular formula is C14H16N2O5. The lowest BCUT2D eigenvalue weighted by Gasteiger charge is -2.21. The SMILES string of the molecule is CCOC(=O)C1=NN(c2ccccc2OC)[C@@H](C(=O)O)C1. The van der Waals surface area contributed by atoms with Gasteiger partial charge in [-0.25, -0.2) is 14.6 Å². The first-order valence-corrected chi connectivity index (χ1v) is 6.48. The number of hydrazone groups is 1. The van der Waals surface area contributed by atoms with E-state index in [1.165, 1.54) is 12.1 Å². The summed E-state index contributed by atoms with van der Waals surface area (Å²) in [6, 6.07) is 5.94. The van der Waals surface area contributed by atoms with Gasteiger partial charge in [0, 0.05) is 6.42 Å². The largest absolute Gasteiger partial charge is 0.495 e. The highest BCUT2D eigenvalue weighted by atomic mass is 16.5. The molecule has 1 heterocycles. The Kier molecular flexibility index (Phi) is 4.42. The number of carbonyl (C=O) groups is 2. The maximum absolute atomic E-state index is 11.7. The van der Waals surface area contributed by atoms with Crippen LogP contribution in [0.1, 0.15) is 13.3 Å². The van der Waals surface area contributed by atoms with E-state index in [-0.39, 0.29) is 18.7 Å². The van der Waals surface area contributed by atoms with Gasteiger partial charge in [-0.3, -0.25) is 0 Å². The van der Waals surface area contributed by atoms with Crippen molar-refractivity contribution in [3.63, 3.8) is 0 Å². The van der Waals surface area contributed by atoms with Gasteiger partial charge in [-0.05, 0) is 19.1 Å². The van der Waals surface area contributed by atoms with Crippen LogP contribution in [0.2, 0.25) is 0 Å². The Morgan fingerprint density at radius 1 is 1.43 bits per heavy atom. The fourth-order valence-electron chi connectivity index (χ4n) is 2.08. The van der Waals surface area contributed by atoms with E-state index < -0.39 is 18.0 Å². The van der Waals surface area contributed by atoms with Gasteiger partial charge in [-0.1, -0.05) is 12.1 Å². The minimum Gasteiger partial charge on any atom is -0.495 e. The lowest BCUT2D eigenvalue weighted by molar-refractivity contribution is -0.138. The molecule has 2 rings (SSSR count). The number of para-hydroxylation sites is 2. The summed E-state index contributed by atoms with van der Waals surface area (Å²) in [7, 11) is 1.49. The molecule has 0 radical (unpaired) electrons. The quantitative estimate of drug-likeness (QED) is 0.822. The average Bonchev–Trinajstić information content (AvgIpc) is 2.92. The number of hydrogen-bond donors (Lipinski definition) is 1. The van der Waals surface area contributed by atoms with Crippen LogP contribution < -0.4 is 9.75 Å². The Balaban J connectivity index is 2.37. The summed E-state index contributed by atoms with van der Waals surface area (Å²) in [5, 5.41) is 14.7. The molecule has 0 aliphatic carbocycles. The van der Waals surface area contributed by atoms with Gasteiger partial charge < -0.3 is 14.6 Å². The van der Waals surface area contributed by atoms with Crippen LogP contribution in [0.15, 0.2) is 29.4 Å². The highest BCUT2D eigenvalue weighted by molar-refractivity contribution is 6.38. The highest BCUT2D eigenvalue weighted by Gasteiger charge is 2.37. The molecule has 1 N–H and O–H groups in total. The molecule has 1 aromatic carbocycles. The first-order chi connectivity index (χ1) is 10.1. The van der Waals surface area contributed by atoms with E-state index in [1.54, 1.807) is 31.2 Å². The Hall–Kier alpha value is -2.57. The van der Waals surface area contributed by atoms with Crippen LogP contribution in [0, 0.1) is 0 Å². The van der Waals surface area contributed by atoms with E-state index in [1.807, 2.05) is 0 Å². The summed E-state index contributed by atoms with van der Waals surface area (Å²) in [6.45, 7) is 1.89. The number of rotatable bonds is 5. The number of methoxy groups -OCH3 is 1. The zero-order chi connectivity index (χ0) is 15.4. The van der Waals surface area contributed by atoms with Crippen LogP contribution in [0.4, 0.5) is 5.69 Å². The molecule has 1 aliphatic heterocycles. The van der Waals surface area contributed by atoms with E-state index in [4.69, 9.17) is 9.47 Å². The standard InChI is InChI=1S/C14H16N2O5/c1-3-21-14(19)9-8-11(13(17)18)16(15-9)10-6-4-5-7-12(10)20-2/h4-7,11H,3,8H2,1-2H3,(H,17,18)/t11-/m1/s1. The number of hydrogen-bond acceptors (Lipinski definition) is 6. The van der Waals surface area contributed by atoms with Gasteiger partial charge in [-0.15, -0.1) is 0 Å². The first kappa shape index (κ1) is 14.8. The Morgan fingerprint density at radius 2 is 2.14 bits per heavy atom. The zero-order valence-corrected chi connectivity index (χ0v) is 11.8. The van der Waals surface area contributed by atoms with Crippen LogP contribution in [0.3, 0.4) is 0 Å². The number of carbonyl (C=O) groups excluding carboxylic acids is 1. The predicted octanol–water partition coefficient (Wildman–Crippen LogP) is 1.28. The fourth-order valence-corrected chi connectivity index (χ4v) is 2.08. The second-order valence-electron chi connectivity index (χ2n) is 4.34. The molecule has 0 amide bonds. The van der Waals surface area contributed by atoms with Gasteiger partial charge in [0.05, 0.1) is 13.7 Å². The maximum Gasteiger partial charge on any atom is 0.354 e. The molecule has 1 aliphatic rings. The third-order valence-corrected chi connectivity index (χ3v) is 3.04. The molecule has 0 aromatic heterocycles. The lowest BCUT2D eigenvalue weighted by Crippen LogP contribution is -2.34. The smallest absolute Gasteiger partial charge is 0.354 e. The Morgan fingerprint density at radius 3 is 2.76 bits per heavy atom. The summed E-state index contributed by atoms with van der Waals surface area (Å²) in [5.41, 5.74) is 0.585.